The molecule has 0 bridgehead atoms. The molecule has 1 saturated carbocycles. The lowest BCUT2D eigenvalue weighted by Crippen LogP contribution is -2.15. The zero-order valence-corrected chi connectivity index (χ0v) is 10.6. The van der Waals surface area contributed by atoms with Crippen LogP contribution < -0.4 is 5.32 Å². The van der Waals surface area contributed by atoms with Gasteiger partial charge in [0.2, 0.25) is 5.91 Å². The van der Waals surface area contributed by atoms with Crippen LogP contribution in [0.3, 0.4) is 0 Å². The van der Waals surface area contributed by atoms with Gasteiger partial charge < -0.3 is 5.32 Å². The molecule has 3 nitrogen and oxygen atoms in total. The molecule has 0 aromatic heterocycles. The third-order valence-corrected chi connectivity index (χ3v) is 3.49. The first kappa shape index (κ1) is 12.6. The highest BCUT2D eigenvalue weighted by atomic mass is 16.2. The Bertz CT molecular complexity index is 476. The first-order valence-electron chi connectivity index (χ1n) is 6.56. The molecule has 18 heavy (non-hydrogen) atoms. The van der Waals surface area contributed by atoms with Crippen molar-refractivity contribution >= 4 is 11.6 Å². The minimum Gasteiger partial charge on any atom is -0.325 e. The molecule has 1 N–H and O–H groups in total. The standard InChI is InChI=1S/C15H18N2O/c1-2-3-6-11-9-13(11)15(18)17-14-8-5-4-7-12(14)10-16/h4-5,7-8,11,13H,2-3,6,9H2,1H3,(H,17,18)/t11-,13-/m0/s1. The number of unbranched alkanes of at least 4 members (excludes halogenated alkanes) is 1. The summed E-state index contributed by atoms with van der Waals surface area (Å²) in [7, 11) is 0. The fourth-order valence-corrected chi connectivity index (χ4v) is 2.27. The predicted octanol–water partition coefficient (Wildman–Crippen LogP) is 3.32. The van der Waals surface area contributed by atoms with Crippen LogP contribution in [0.2, 0.25) is 0 Å². The molecule has 0 radical (unpaired) electrons. The number of nitrogens with zero attached hydrogens (tertiary/aromatic N) is 1. The lowest BCUT2D eigenvalue weighted by Gasteiger charge is -2.06. The molecule has 2 atom stereocenters. The van der Waals surface area contributed by atoms with E-state index in [1.807, 2.05) is 6.07 Å². The van der Waals surface area contributed by atoms with E-state index < -0.39 is 0 Å². The summed E-state index contributed by atoms with van der Waals surface area (Å²) in [6.45, 7) is 2.17. The van der Waals surface area contributed by atoms with Gasteiger partial charge in [-0.3, -0.25) is 4.79 Å². The molecule has 0 aliphatic heterocycles. The lowest BCUT2D eigenvalue weighted by molar-refractivity contribution is -0.117. The van der Waals surface area contributed by atoms with E-state index in [-0.39, 0.29) is 11.8 Å². The Morgan fingerprint density at radius 2 is 2.28 bits per heavy atom. The molecule has 0 saturated heterocycles. The third kappa shape index (κ3) is 2.89. The summed E-state index contributed by atoms with van der Waals surface area (Å²) >= 11 is 0. The van der Waals surface area contributed by atoms with E-state index in [1.165, 1.54) is 12.8 Å². The van der Waals surface area contributed by atoms with Crippen LogP contribution in [-0.4, -0.2) is 5.91 Å². The smallest absolute Gasteiger partial charge is 0.227 e. The van der Waals surface area contributed by atoms with Crippen molar-refractivity contribution in [2.24, 2.45) is 11.8 Å². The van der Waals surface area contributed by atoms with Crippen molar-refractivity contribution in [1.82, 2.24) is 0 Å². The van der Waals surface area contributed by atoms with E-state index in [4.69, 9.17) is 5.26 Å². The van der Waals surface area contributed by atoms with Crippen molar-refractivity contribution in [1.29, 1.82) is 5.26 Å². The van der Waals surface area contributed by atoms with Crippen molar-refractivity contribution in [2.75, 3.05) is 5.32 Å². The first-order chi connectivity index (χ1) is 8.76. The SMILES string of the molecule is CCCC[C@H]1C[C@@H]1C(=O)Nc1ccccc1C#N. The second-order valence-electron chi connectivity index (χ2n) is 4.89. The summed E-state index contributed by atoms with van der Waals surface area (Å²) in [4.78, 5) is 12.0. The zero-order chi connectivity index (χ0) is 13.0. The number of carbonyl (C=O) groups is 1. The highest BCUT2D eigenvalue weighted by Gasteiger charge is 2.42. The molecule has 0 spiro atoms. The van der Waals surface area contributed by atoms with Crippen LogP contribution in [0.25, 0.3) is 0 Å². The monoisotopic (exact) mass is 242 g/mol. The van der Waals surface area contributed by atoms with Gasteiger partial charge in [0.1, 0.15) is 6.07 Å². The molecule has 0 heterocycles. The average Bonchev–Trinajstić information content (AvgIpc) is 3.16. The Morgan fingerprint density at radius 1 is 1.50 bits per heavy atom. The summed E-state index contributed by atoms with van der Waals surface area (Å²) in [5, 5.41) is 11.8. The van der Waals surface area contributed by atoms with Crippen LogP contribution >= 0.6 is 0 Å². The molecular weight excluding hydrogens is 224 g/mol. The summed E-state index contributed by atoms with van der Waals surface area (Å²) in [6.07, 6.45) is 4.53. The maximum atomic E-state index is 12.0. The Balaban J connectivity index is 1.91. The van der Waals surface area contributed by atoms with Crippen LogP contribution in [0, 0.1) is 23.2 Å². The molecule has 3 heteroatoms. The fraction of sp³-hybridized carbons (Fsp3) is 0.467. The predicted molar refractivity (Wildman–Crippen MR) is 70.9 cm³/mol. The van der Waals surface area contributed by atoms with Gasteiger partial charge in [0.15, 0.2) is 0 Å². The molecular formula is C15H18N2O. The molecule has 1 aromatic carbocycles. The van der Waals surface area contributed by atoms with Gasteiger partial charge in [0.25, 0.3) is 0 Å². The number of carbonyl (C=O) groups excluding carboxylic acids is 1. The largest absolute Gasteiger partial charge is 0.325 e. The van der Waals surface area contributed by atoms with Crippen LogP contribution in [0.15, 0.2) is 24.3 Å². The maximum absolute atomic E-state index is 12.0. The van der Waals surface area contributed by atoms with Gasteiger partial charge in [0, 0.05) is 5.92 Å². The Morgan fingerprint density at radius 3 is 3.00 bits per heavy atom. The van der Waals surface area contributed by atoms with Gasteiger partial charge >= 0.3 is 0 Å². The molecule has 94 valence electrons. The van der Waals surface area contributed by atoms with E-state index in [1.54, 1.807) is 18.2 Å². The Kier molecular flexibility index (Phi) is 3.99. The van der Waals surface area contributed by atoms with Gasteiger partial charge in [0.05, 0.1) is 11.3 Å². The van der Waals surface area contributed by atoms with Crippen molar-refractivity contribution in [3.63, 3.8) is 0 Å². The number of anilines is 1. The Labute approximate surface area is 108 Å². The second-order valence-corrected chi connectivity index (χ2v) is 4.89. The van der Waals surface area contributed by atoms with Gasteiger partial charge in [-0.15, -0.1) is 0 Å². The van der Waals surface area contributed by atoms with Crippen LogP contribution in [-0.2, 0) is 4.79 Å². The number of nitrogens with one attached hydrogen (secondary N) is 1. The minimum atomic E-state index is 0.0683. The molecule has 1 amide bonds. The first-order valence-corrected chi connectivity index (χ1v) is 6.56. The topological polar surface area (TPSA) is 52.9 Å². The van der Waals surface area contributed by atoms with Crippen molar-refractivity contribution < 1.29 is 4.79 Å². The quantitative estimate of drug-likeness (QED) is 0.861. The van der Waals surface area contributed by atoms with Crippen molar-refractivity contribution in [3.8, 4) is 6.07 Å². The van der Waals surface area contributed by atoms with E-state index >= 15 is 0 Å². The summed E-state index contributed by atoms with van der Waals surface area (Å²) in [5.41, 5.74) is 1.16. The van der Waals surface area contributed by atoms with E-state index in [9.17, 15) is 4.79 Å². The third-order valence-electron chi connectivity index (χ3n) is 3.49. The highest BCUT2D eigenvalue weighted by Crippen LogP contribution is 2.43. The summed E-state index contributed by atoms with van der Waals surface area (Å²) in [5.74, 6) is 0.779. The molecule has 1 aliphatic rings. The molecule has 1 fully saturated rings. The van der Waals surface area contributed by atoms with Crippen molar-refractivity contribution in [3.05, 3.63) is 29.8 Å². The fourth-order valence-electron chi connectivity index (χ4n) is 2.27. The number of nitriles is 1. The highest BCUT2D eigenvalue weighted by molar-refractivity contribution is 5.95. The molecule has 0 unspecified atom stereocenters. The summed E-state index contributed by atoms with van der Waals surface area (Å²) < 4.78 is 0. The minimum absolute atomic E-state index is 0.0683. The molecule has 2 rings (SSSR count). The zero-order valence-electron chi connectivity index (χ0n) is 10.6. The average molecular weight is 242 g/mol. The number of hydrogen-bond donors (Lipinski definition) is 1. The van der Waals surface area contributed by atoms with Crippen molar-refractivity contribution in [2.45, 2.75) is 32.6 Å². The van der Waals surface area contributed by atoms with E-state index in [2.05, 4.69) is 18.3 Å². The van der Waals surface area contributed by atoms with Gasteiger partial charge in [-0.05, 0) is 30.9 Å². The van der Waals surface area contributed by atoms with Gasteiger partial charge in [-0.25, -0.2) is 0 Å². The maximum Gasteiger partial charge on any atom is 0.227 e. The second kappa shape index (κ2) is 5.68. The van der Waals surface area contributed by atoms with E-state index in [0.717, 1.165) is 12.8 Å². The molecule has 1 aliphatic carbocycles. The lowest BCUT2D eigenvalue weighted by atomic mass is 10.1. The van der Waals surface area contributed by atoms with Gasteiger partial charge in [-0.2, -0.15) is 5.26 Å². The number of hydrogen-bond acceptors (Lipinski definition) is 2. The number of benzene rings is 1. The molecule has 1 aromatic rings. The Hall–Kier alpha value is -1.82. The van der Waals surface area contributed by atoms with E-state index in [0.29, 0.717) is 17.2 Å². The summed E-state index contributed by atoms with van der Waals surface area (Å²) in [6, 6.07) is 9.22. The van der Waals surface area contributed by atoms with Crippen LogP contribution in [0.1, 0.15) is 38.2 Å². The van der Waals surface area contributed by atoms with Gasteiger partial charge in [-0.1, -0.05) is 31.9 Å². The van der Waals surface area contributed by atoms with Crippen LogP contribution in [0.4, 0.5) is 5.69 Å². The number of amides is 1. The number of para-hydroxylation sites is 1. The van der Waals surface area contributed by atoms with Crippen LogP contribution in [0.5, 0.6) is 0 Å². The normalized spacial score (nSPS) is 21.1. The number of rotatable bonds is 5.